The van der Waals surface area contributed by atoms with E-state index in [0.717, 1.165) is 37.6 Å². The fourth-order valence-electron chi connectivity index (χ4n) is 2.84. The van der Waals surface area contributed by atoms with Crippen LogP contribution in [-0.4, -0.2) is 38.8 Å². The molecule has 1 aliphatic heterocycles. The Bertz CT molecular complexity index is 590. The fourth-order valence-corrected chi connectivity index (χ4v) is 2.84. The van der Waals surface area contributed by atoms with Crippen LogP contribution in [0.15, 0.2) is 24.4 Å². The van der Waals surface area contributed by atoms with Gasteiger partial charge in [0.1, 0.15) is 0 Å². The molecule has 1 fully saturated rings. The van der Waals surface area contributed by atoms with Crippen LogP contribution < -0.4 is 5.73 Å². The summed E-state index contributed by atoms with van der Waals surface area (Å²) in [4.78, 5) is 6.78. The van der Waals surface area contributed by atoms with Gasteiger partial charge in [0.05, 0.1) is 5.69 Å². The van der Waals surface area contributed by atoms with E-state index in [2.05, 4.69) is 28.8 Å². The number of hydrogen-bond donors (Lipinski definition) is 1. The lowest BCUT2D eigenvalue weighted by atomic mass is 10.2. The zero-order valence-corrected chi connectivity index (χ0v) is 12.1. The molecular formula is C15H21N5. The van der Waals surface area contributed by atoms with Crippen LogP contribution in [0.25, 0.3) is 5.82 Å². The van der Waals surface area contributed by atoms with Crippen molar-refractivity contribution in [1.82, 2.24) is 19.7 Å². The lowest BCUT2D eigenvalue weighted by molar-refractivity contribution is 0.325. The highest BCUT2D eigenvalue weighted by atomic mass is 15.3. The van der Waals surface area contributed by atoms with E-state index in [1.165, 1.54) is 11.3 Å². The van der Waals surface area contributed by atoms with Crippen LogP contribution in [0.5, 0.6) is 0 Å². The predicted molar refractivity (Wildman–Crippen MR) is 78.7 cm³/mol. The quantitative estimate of drug-likeness (QED) is 0.917. The maximum atomic E-state index is 5.98. The van der Waals surface area contributed by atoms with Crippen LogP contribution in [0.4, 0.5) is 0 Å². The van der Waals surface area contributed by atoms with Gasteiger partial charge in [-0.25, -0.2) is 9.67 Å². The summed E-state index contributed by atoms with van der Waals surface area (Å²) in [5.74, 6) is 0.873. The Morgan fingerprint density at radius 2 is 2.20 bits per heavy atom. The number of aryl methyl sites for hydroxylation is 1. The summed E-state index contributed by atoms with van der Waals surface area (Å²) >= 11 is 0. The summed E-state index contributed by atoms with van der Waals surface area (Å²) in [6, 6.07) is 6.20. The van der Waals surface area contributed by atoms with E-state index >= 15 is 0 Å². The molecule has 2 aromatic heterocycles. The average Bonchev–Trinajstić information content (AvgIpc) is 2.98. The standard InChI is InChI=1S/C15H21N5/c1-11-14(10-19-8-6-13(16)9-19)12(2)20(18-11)15-5-3-4-7-17-15/h3-5,7,13H,6,8-10,16H2,1-2H3. The molecule has 5 nitrogen and oxygen atoms in total. The van der Waals surface area contributed by atoms with Gasteiger partial charge in [0.15, 0.2) is 5.82 Å². The van der Waals surface area contributed by atoms with Gasteiger partial charge in [0.25, 0.3) is 0 Å². The molecule has 0 spiro atoms. The van der Waals surface area contributed by atoms with Crippen molar-refractivity contribution in [2.45, 2.75) is 32.9 Å². The first-order valence-corrected chi connectivity index (χ1v) is 7.09. The van der Waals surface area contributed by atoms with E-state index in [0.29, 0.717) is 6.04 Å². The minimum absolute atomic E-state index is 0.321. The highest BCUT2D eigenvalue weighted by Crippen LogP contribution is 2.20. The number of likely N-dealkylation sites (tertiary alicyclic amines) is 1. The first kappa shape index (κ1) is 13.3. The largest absolute Gasteiger partial charge is 0.326 e. The molecule has 0 saturated carbocycles. The molecule has 0 amide bonds. The van der Waals surface area contributed by atoms with E-state index in [1.807, 2.05) is 22.9 Å². The summed E-state index contributed by atoms with van der Waals surface area (Å²) in [5.41, 5.74) is 9.52. The average molecular weight is 271 g/mol. The lowest BCUT2D eigenvalue weighted by Gasteiger charge is -2.15. The first-order chi connectivity index (χ1) is 9.65. The van der Waals surface area contributed by atoms with Crippen LogP contribution in [-0.2, 0) is 6.54 Å². The van der Waals surface area contributed by atoms with Crippen molar-refractivity contribution in [1.29, 1.82) is 0 Å². The fraction of sp³-hybridized carbons (Fsp3) is 0.467. The second kappa shape index (κ2) is 5.34. The Hall–Kier alpha value is -1.72. The minimum Gasteiger partial charge on any atom is -0.326 e. The summed E-state index contributed by atoms with van der Waals surface area (Å²) < 4.78 is 1.93. The summed E-state index contributed by atoms with van der Waals surface area (Å²) in [7, 11) is 0. The third kappa shape index (κ3) is 2.46. The molecule has 0 aliphatic carbocycles. The molecule has 0 bridgehead atoms. The molecular weight excluding hydrogens is 250 g/mol. The van der Waals surface area contributed by atoms with Gasteiger partial charge >= 0.3 is 0 Å². The topological polar surface area (TPSA) is 60.0 Å². The molecule has 1 atom stereocenters. The van der Waals surface area contributed by atoms with E-state index in [1.54, 1.807) is 6.20 Å². The van der Waals surface area contributed by atoms with Crippen LogP contribution >= 0.6 is 0 Å². The predicted octanol–water partition coefficient (Wildman–Crippen LogP) is 1.42. The van der Waals surface area contributed by atoms with E-state index < -0.39 is 0 Å². The lowest BCUT2D eigenvalue weighted by Crippen LogP contribution is -2.26. The van der Waals surface area contributed by atoms with E-state index in [-0.39, 0.29) is 0 Å². The number of hydrogen-bond acceptors (Lipinski definition) is 4. The van der Waals surface area contributed by atoms with Crippen molar-refractivity contribution >= 4 is 0 Å². The molecule has 0 radical (unpaired) electrons. The number of nitrogens with two attached hydrogens (primary N) is 1. The maximum absolute atomic E-state index is 5.98. The molecule has 1 unspecified atom stereocenters. The highest BCUT2D eigenvalue weighted by molar-refractivity contribution is 5.32. The summed E-state index contributed by atoms with van der Waals surface area (Å²) in [5, 5.41) is 4.64. The molecule has 5 heteroatoms. The van der Waals surface area contributed by atoms with Crippen LogP contribution in [0.2, 0.25) is 0 Å². The summed E-state index contributed by atoms with van der Waals surface area (Å²) in [6.07, 6.45) is 2.89. The molecule has 2 N–H and O–H groups in total. The van der Waals surface area contributed by atoms with Crippen molar-refractivity contribution in [3.8, 4) is 5.82 Å². The van der Waals surface area contributed by atoms with Crippen molar-refractivity contribution in [3.63, 3.8) is 0 Å². The molecule has 2 aromatic rings. The van der Waals surface area contributed by atoms with Gasteiger partial charge in [0, 0.05) is 43.1 Å². The normalized spacial score (nSPS) is 19.6. The van der Waals surface area contributed by atoms with Crippen molar-refractivity contribution in [2.75, 3.05) is 13.1 Å². The minimum atomic E-state index is 0.321. The molecule has 106 valence electrons. The molecule has 0 aromatic carbocycles. The molecule has 20 heavy (non-hydrogen) atoms. The number of aromatic nitrogens is 3. The zero-order chi connectivity index (χ0) is 14.1. The Morgan fingerprint density at radius 1 is 1.35 bits per heavy atom. The van der Waals surface area contributed by atoms with Gasteiger partial charge in [-0.15, -0.1) is 0 Å². The Balaban J connectivity index is 1.87. The van der Waals surface area contributed by atoms with Crippen LogP contribution in [0.1, 0.15) is 23.4 Å². The second-order valence-corrected chi connectivity index (χ2v) is 5.53. The number of nitrogens with zero attached hydrogens (tertiary/aromatic N) is 4. The van der Waals surface area contributed by atoms with Crippen molar-refractivity contribution in [2.24, 2.45) is 5.73 Å². The van der Waals surface area contributed by atoms with Gasteiger partial charge in [-0.1, -0.05) is 6.07 Å². The van der Waals surface area contributed by atoms with Gasteiger partial charge in [-0.3, -0.25) is 4.90 Å². The molecule has 1 aliphatic rings. The van der Waals surface area contributed by atoms with Gasteiger partial charge in [0.2, 0.25) is 0 Å². The van der Waals surface area contributed by atoms with E-state index in [9.17, 15) is 0 Å². The third-order valence-electron chi connectivity index (χ3n) is 4.00. The van der Waals surface area contributed by atoms with Gasteiger partial charge < -0.3 is 5.73 Å². The SMILES string of the molecule is Cc1nn(-c2ccccn2)c(C)c1CN1CCC(N)C1. The van der Waals surface area contributed by atoms with E-state index in [4.69, 9.17) is 5.73 Å². The third-order valence-corrected chi connectivity index (χ3v) is 4.00. The zero-order valence-electron chi connectivity index (χ0n) is 12.1. The number of rotatable bonds is 3. The maximum Gasteiger partial charge on any atom is 0.153 e. The Labute approximate surface area is 119 Å². The van der Waals surface area contributed by atoms with Crippen molar-refractivity contribution in [3.05, 3.63) is 41.3 Å². The van der Waals surface area contributed by atoms with Crippen molar-refractivity contribution < 1.29 is 0 Å². The van der Waals surface area contributed by atoms with Gasteiger partial charge in [-0.05, 0) is 32.4 Å². The highest BCUT2D eigenvalue weighted by Gasteiger charge is 2.22. The first-order valence-electron chi connectivity index (χ1n) is 7.09. The Kier molecular flexibility index (Phi) is 3.54. The van der Waals surface area contributed by atoms with Gasteiger partial charge in [-0.2, -0.15) is 5.10 Å². The van der Waals surface area contributed by atoms with Crippen LogP contribution in [0.3, 0.4) is 0 Å². The Morgan fingerprint density at radius 3 is 2.85 bits per heavy atom. The molecule has 3 rings (SSSR count). The summed E-state index contributed by atoms with van der Waals surface area (Å²) in [6.45, 7) is 7.17. The second-order valence-electron chi connectivity index (χ2n) is 5.53. The van der Waals surface area contributed by atoms with Crippen LogP contribution in [0, 0.1) is 13.8 Å². The number of pyridine rings is 1. The smallest absolute Gasteiger partial charge is 0.153 e. The molecule has 1 saturated heterocycles. The monoisotopic (exact) mass is 271 g/mol. The molecule has 3 heterocycles.